The molecular formula is C18H27N3O3. The maximum absolute atomic E-state index is 12.1. The highest BCUT2D eigenvalue weighted by molar-refractivity contribution is 5.96. The SMILES string of the molecule is CCNC(=O)NC(=O)[C@H](C)N1CCC(OCc2ccccc2)CC1. The summed E-state index contributed by atoms with van der Waals surface area (Å²) < 4.78 is 5.96. The first-order valence-corrected chi connectivity index (χ1v) is 8.58. The topological polar surface area (TPSA) is 70.7 Å². The number of ether oxygens (including phenoxy) is 1. The zero-order valence-electron chi connectivity index (χ0n) is 14.5. The van der Waals surface area contributed by atoms with Crippen LogP contribution in [0.15, 0.2) is 30.3 Å². The summed E-state index contributed by atoms with van der Waals surface area (Å²) in [5, 5.41) is 4.94. The van der Waals surface area contributed by atoms with Crippen LogP contribution in [0, 0.1) is 0 Å². The Morgan fingerprint density at radius 1 is 1.25 bits per heavy atom. The van der Waals surface area contributed by atoms with Crippen LogP contribution >= 0.6 is 0 Å². The highest BCUT2D eigenvalue weighted by Gasteiger charge is 2.27. The van der Waals surface area contributed by atoms with Crippen LogP contribution in [0.4, 0.5) is 4.79 Å². The van der Waals surface area contributed by atoms with Crippen molar-refractivity contribution in [1.29, 1.82) is 0 Å². The summed E-state index contributed by atoms with van der Waals surface area (Å²) in [7, 11) is 0. The summed E-state index contributed by atoms with van der Waals surface area (Å²) in [6, 6.07) is 9.38. The van der Waals surface area contributed by atoms with Gasteiger partial charge >= 0.3 is 6.03 Å². The van der Waals surface area contributed by atoms with E-state index >= 15 is 0 Å². The molecule has 6 nitrogen and oxygen atoms in total. The molecule has 3 amide bonds. The van der Waals surface area contributed by atoms with Gasteiger partial charge in [-0.15, -0.1) is 0 Å². The van der Waals surface area contributed by atoms with Crippen molar-refractivity contribution in [3.8, 4) is 0 Å². The molecule has 1 fully saturated rings. The number of nitrogens with one attached hydrogen (secondary N) is 2. The fraction of sp³-hybridized carbons (Fsp3) is 0.556. The molecule has 1 atom stereocenters. The Morgan fingerprint density at radius 3 is 2.54 bits per heavy atom. The van der Waals surface area contributed by atoms with E-state index in [0.717, 1.165) is 25.9 Å². The second kappa shape index (κ2) is 9.39. The third kappa shape index (κ3) is 5.62. The molecule has 6 heteroatoms. The van der Waals surface area contributed by atoms with Gasteiger partial charge in [-0.25, -0.2) is 4.79 Å². The van der Waals surface area contributed by atoms with Crippen molar-refractivity contribution in [2.75, 3.05) is 19.6 Å². The van der Waals surface area contributed by atoms with Crippen molar-refractivity contribution < 1.29 is 14.3 Å². The van der Waals surface area contributed by atoms with Gasteiger partial charge in [0.2, 0.25) is 5.91 Å². The Labute approximate surface area is 143 Å². The monoisotopic (exact) mass is 333 g/mol. The fourth-order valence-corrected chi connectivity index (χ4v) is 2.80. The van der Waals surface area contributed by atoms with Gasteiger partial charge in [-0.05, 0) is 32.3 Å². The van der Waals surface area contributed by atoms with E-state index in [1.807, 2.05) is 32.0 Å². The van der Waals surface area contributed by atoms with Gasteiger partial charge in [0.1, 0.15) is 0 Å². The summed E-state index contributed by atoms with van der Waals surface area (Å²) >= 11 is 0. The minimum atomic E-state index is -0.435. The summed E-state index contributed by atoms with van der Waals surface area (Å²) in [5.74, 6) is -0.260. The zero-order valence-corrected chi connectivity index (χ0v) is 14.5. The number of piperidine rings is 1. The summed E-state index contributed by atoms with van der Waals surface area (Å²) in [6.45, 7) is 6.36. The quantitative estimate of drug-likeness (QED) is 0.834. The Balaban J connectivity index is 1.71. The Kier molecular flexibility index (Phi) is 7.21. The van der Waals surface area contributed by atoms with Crippen LogP contribution in [0.3, 0.4) is 0 Å². The molecule has 0 aliphatic carbocycles. The number of imide groups is 1. The van der Waals surface area contributed by atoms with E-state index in [0.29, 0.717) is 13.2 Å². The van der Waals surface area contributed by atoms with Gasteiger partial charge in [0.05, 0.1) is 18.8 Å². The van der Waals surface area contributed by atoms with E-state index in [1.54, 1.807) is 0 Å². The number of benzene rings is 1. The molecule has 1 aromatic carbocycles. The van der Waals surface area contributed by atoms with Crippen molar-refractivity contribution in [2.24, 2.45) is 0 Å². The van der Waals surface area contributed by atoms with Crippen molar-refractivity contribution in [2.45, 2.75) is 45.4 Å². The third-order valence-electron chi connectivity index (χ3n) is 4.31. The molecule has 0 aromatic heterocycles. The normalized spacial score (nSPS) is 17.2. The standard InChI is InChI=1S/C18H27N3O3/c1-3-19-18(23)20-17(22)14(2)21-11-9-16(10-12-21)24-13-15-7-5-4-6-8-15/h4-8,14,16H,3,9-13H2,1-2H3,(H2,19,20,22,23)/t14-/m0/s1. The molecule has 24 heavy (non-hydrogen) atoms. The van der Waals surface area contributed by atoms with Gasteiger partial charge in [0.15, 0.2) is 0 Å². The average Bonchev–Trinajstić information content (AvgIpc) is 2.61. The van der Waals surface area contributed by atoms with E-state index in [-0.39, 0.29) is 18.1 Å². The molecule has 0 radical (unpaired) electrons. The zero-order chi connectivity index (χ0) is 17.4. The molecule has 1 aromatic rings. The summed E-state index contributed by atoms with van der Waals surface area (Å²) in [6.07, 6.45) is 2.01. The largest absolute Gasteiger partial charge is 0.373 e. The lowest BCUT2D eigenvalue weighted by molar-refractivity contribution is -0.126. The van der Waals surface area contributed by atoms with Gasteiger partial charge < -0.3 is 10.1 Å². The van der Waals surface area contributed by atoms with Crippen molar-refractivity contribution >= 4 is 11.9 Å². The molecule has 0 bridgehead atoms. The predicted octanol–water partition coefficient (Wildman–Crippen LogP) is 1.90. The first-order chi connectivity index (χ1) is 11.6. The molecule has 2 N–H and O–H groups in total. The first kappa shape index (κ1) is 18.4. The molecule has 1 heterocycles. The van der Waals surface area contributed by atoms with Gasteiger partial charge in [0, 0.05) is 19.6 Å². The highest BCUT2D eigenvalue weighted by atomic mass is 16.5. The van der Waals surface area contributed by atoms with Crippen LogP contribution < -0.4 is 10.6 Å². The Morgan fingerprint density at radius 2 is 1.92 bits per heavy atom. The second-order valence-corrected chi connectivity index (χ2v) is 6.06. The molecule has 1 saturated heterocycles. The van der Waals surface area contributed by atoms with Gasteiger partial charge in [-0.1, -0.05) is 30.3 Å². The lowest BCUT2D eigenvalue weighted by atomic mass is 10.1. The number of amides is 3. The Hall–Kier alpha value is -1.92. The maximum atomic E-state index is 12.1. The molecule has 1 aliphatic rings. The number of hydrogen-bond acceptors (Lipinski definition) is 4. The van der Waals surface area contributed by atoms with E-state index < -0.39 is 6.03 Å². The van der Waals surface area contributed by atoms with Crippen LogP contribution in [-0.4, -0.2) is 48.6 Å². The van der Waals surface area contributed by atoms with E-state index in [2.05, 4.69) is 27.7 Å². The number of carbonyl (C=O) groups is 2. The van der Waals surface area contributed by atoms with Crippen molar-refractivity contribution in [3.63, 3.8) is 0 Å². The van der Waals surface area contributed by atoms with E-state index in [9.17, 15) is 9.59 Å². The molecule has 0 spiro atoms. The van der Waals surface area contributed by atoms with Crippen LogP contribution in [0.2, 0.25) is 0 Å². The molecule has 0 saturated carbocycles. The predicted molar refractivity (Wildman–Crippen MR) is 92.5 cm³/mol. The van der Waals surface area contributed by atoms with Crippen LogP contribution in [-0.2, 0) is 16.1 Å². The van der Waals surface area contributed by atoms with E-state index in [1.165, 1.54) is 5.56 Å². The van der Waals surface area contributed by atoms with Gasteiger partial charge in [0.25, 0.3) is 0 Å². The summed E-state index contributed by atoms with van der Waals surface area (Å²) in [4.78, 5) is 25.6. The van der Waals surface area contributed by atoms with E-state index in [4.69, 9.17) is 4.74 Å². The van der Waals surface area contributed by atoms with Gasteiger partial charge in [-0.2, -0.15) is 0 Å². The Bertz CT molecular complexity index is 528. The van der Waals surface area contributed by atoms with Crippen molar-refractivity contribution in [3.05, 3.63) is 35.9 Å². The second-order valence-electron chi connectivity index (χ2n) is 6.06. The van der Waals surface area contributed by atoms with Gasteiger partial charge in [-0.3, -0.25) is 15.0 Å². The van der Waals surface area contributed by atoms with Crippen molar-refractivity contribution in [1.82, 2.24) is 15.5 Å². The smallest absolute Gasteiger partial charge is 0.321 e. The summed E-state index contributed by atoms with van der Waals surface area (Å²) in [5.41, 5.74) is 1.18. The fourth-order valence-electron chi connectivity index (χ4n) is 2.80. The van der Waals surface area contributed by atoms with Crippen LogP contribution in [0.5, 0.6) is 0 Å². The first-order valence-electron chi connectivity index (χ1n) is 8.58. The molecule has 1 aliphatic heterocycles. The third-order valence-corrected chi connectivity index (χ3v) is 4.31. The molecule has 132 valence electrons. The molecular weight excluding hydrogens is 306 g/mol. The number of nitrogens with zero attached hydrogens (tertiary/aromatic N) is 1. The van der Waals surface area contributed by atoms with Crippen LogP contribution in [0.1, 0.15) is 32.3 Å². The molecule has 2 rings (SSSR count). The number of carbonyl (C=O) groups excluding carboxylic acids is 2. The average molecular weight is 333 g/mol. The van der Waals surface area contributed by atoms with Crippen LogP contribution in [0.25, 0.3) is 0 Å². The molecule has 0 unspecified atom stereocenters. The number of likely N-dealkylation sites (tertiary alicyclic amines) is 1. The minimum absolute atomic E-state index is 0.222. The number of urea groups is 1. The number of hydrogen-bond donors (Lipinski definition) is 2. The lowest BCUT2D eigenvalue weighted by Crippen LogP contribution is -2.52. The highest BCUT2D eigenvalue weighted by Crippen LogP contribution is 2.17. The maximum Gasteiger partial charge on any atom is 0.321 e. The lowest BCUT2D eigenvalue weighted by Gasteiger charge is -2.35. The minimum Gasteiger partial charge on any atom is -0.373 e. The number of rotatable bonds is 6.